The van der Waals surface area contributed by atoms with Gasteiger partial charge in [-0.1, -0.05) is 19.3 Å². The molecule has 2 fully saturated rings. The first-order valence-electron chi connectivity index (χ1n) is 7.80. The van der Waals surface area contributed by atoms with E-state index >= 15 is 0 Å². The van der Waals surface area contributed by atoms with Crippen LogP contribution in [-0.4, -0.2) is 28.8 Å². The lowest BCUT2D eigenvalue weighted by Gasteiger charge is -2.29. The van der Waals surface area contributed by atoms with E-state index in [1.54, 1.807) is 0 Å². The molecule has 0 radical (unpaired) electrons. The summed E-state index contributed by atoms with van der Waals surface area (Å²) < 4.78 is 5.48. The Hall–Kier alpha value is -1.62. The van der Waals surface area contributed by atoms with Crippen LogP contribution in [0.3, 0.4) is 0 Å². The Morgan fingerprint density at radius 1 is 1.24 bits per heavy atom. The van der Waals surface area contributed by atoms with Crippen LogP contribution in [0.5, 0.6) is 0 Å². The number of furan rings is 1. The average molecular weight is 290 g/mol. The molecule has 5 nitrogen and oxygen atoms in total. The minimum Gasteiger partial charge on any atom is -0.465 e. The highest BCUT2D eigenvalue weighted by Crippen LogP contribution is 2.27. The fourth-order valence-electron chi connectivity index (χ4n) is 3.34. The Bertz CT molecular complexity index is 531. The van der Waals surface area contributed by atoms with Crippen LogP contribution in [0.2, 0.25) is 0 Å². The second-order valence-corrected chi connectivity index (χ2v) is 6.04. The molecule has 114 valence electrons. The van der Waals surface area contributed by atoms with Gasteiger partial charge in [-0.15, -0.1) is 0 Å². The van der Waals surface area contributed by atoms with Crippen LogP contribution in [0.1, 0.15) is 50.0 Å². The van der Waals surface area contributed by atoms with E-state index in [9.17, 15) is 9.59 Å². The molecule has 3 rings (SSSR count). The number of carbonyl (C=O) groups excluding carboxylic acids is 2. The van der Waals surface area contributed by atoms with Gasteiger partial charge in [0.1, 0.15) is 11.5 Å². The Morgan fingerprint density at radius 2 is 2.00 bits per heavy atom. The summed E-state index contributed by atoms with van der Waals surface area (Å²) in [6.07, 6.45) is 5.64. The number of carbonyl (C=O) groups is 2. The van der Waals surface area contributed by atoms with E-state index in [0.717, 1.165) is 37.2 Å². The number of aryl methyl sites for hydroxylation is 1. The third-order valence-corrected chi connectivity index (χ3v) is 4.44. The lowest BCUT2D eigenvalue weighted by Crippen LogP contribution is -2.44. The highest BCUT2D eigenvalue weighted by molar-refractivity contribution is 6.05. The van der Waals surface area contributed by atoms with Crippen molar-refractivity contribution in [3.63, 3.8) is 0 Å². The van der Waals surface area contributed by atoms with Crippen LogP contribution in [-0.2, 0) is 16.1 Å². The van der Waals surface area contributed by atoms with E-state index in [-0.39, 0.29) is 24.3 Å². The quantitative estimate of drug-likeness (QED) is 0.863. The number of amides is 2. The number of hydrogen-bond donors (Lipinski definition) is 1. The molecule has 2 amide bonds. The molecule has 0 aromatic carbocycles. The van der Waals surface area contributed by atoms with Crippen molar-refractivity contribution in [2.45, 2.75) is 64.1 Å². The zero-order chi connectivity index (χ0) is 14.8. The number of rotatable bonds is 4. The second-order valence-electron chi connectivity index (χ2n) is 6.04. The molecular formula is C16H22N2O3. The van der Waals surface area contributed by atoms with Crippen LogP contribution in [0.25, 0.3) is 0 Å². The topological polar surface area (TPSA) is 62.6 Å². The molecule has 2 aliphatic rings. The molecule has 5 heteroatoms. The lowest BCUT2D eigenvalue weighted by molar-refractivity contribution is -0.142. The molecule has 0 spiro atoms. The summed E-state index contributed by atoms with van der Waals surface area (Å²) in [4.78, 5) is 26.1. The van der Waals surface area contributed by atoms with E-state index in [1.165, 1.54) is 11.3 Å². The van der Waals surface area contributed by atoms with Crippen molar-refractivity contribution in [1.29, 1.82) is 0 Å². The molecule has 1 atom stereocenters. The molecule has 1 aliphatic heterocycles. The summed E-state index contributed by atoms with van der Waals surface area (Å²) in [5.41, 5.74) is 0. The molecule has 1 aliphatic carbocycles. The van der Waals surface area contributed by atoms with Gasteiger partial charge in [0.05, 0.1) is 19.0 Å². The number of imide groups is 1. The van der Waals surface area contributed by atoms with Crippen LogP contribution in [0, 0.1) is 6.92 Å². The Labute approximate surface area is 124 Å². The van der Waals surface area contributed by atoms with Gasteiger partial charge in [-0.3, -0.25) is 19.8 Å². The Morgan fingerprint density at radius 3 is 2.67 bits per heavy atom. The fourth-order valence-corrected chi connectivity index (χ4v) is 3.34. The van der Waals surface area contributed by atoms with Gasteiger partial charge in [0.2, 0.25) is 11.8 Å². The smallest absolute Gasteiger partial charge is 0.247 e. The SMILES string of the molecule is Cc1ccc(CNC2CC(=O)N(C3CCCCC3)C2=O)o1. The van der Waals surface area contributed by atoms with Gasteiger partial charge in [-0.25, -0.2) is 0 Å². The molecule has 1 saturated heterocycles. The largest absolute Gasteiger partial charge is 0.465 e. The summed E-state index contributed by atoms with van der Waals surface area (Å²) in [6.45, 7) is 2.37. The third-order valence-electron chi connectivity index (χ3n) is 4.44. The Balaban J connectivity index is 1.60. The third kappa shape index (κ3) is 3.02. The fraction of sp³-hybridized carbons (Fsp3) is 0.625. The van der Waals surface area contributed by atoms with Gasteiger partial charge in [0.25, 0.3) is 0 Å². The first kappa shape index (κ1) is 14.3. The molecule has 0 bridgehead atoms. The first-order chi connectivity index (χ1) is 10.1. The van der Waals surface area contributed by atoms with Gasteiger partial charge in [-0.05, 0) is 31.9 Å². The molecule has 1 aromatic heterocycles. The van der Waals surface area contributed by atoms with Crippen molar-refractivity contribution in [3.05, 3.63) is 23.7 Å². The van der Waals surface area contributed by atoms with Gasteiger partial charge < -0.3 is 4.42 Å². The van der Waals surface area contributed by atoms with Crippen LogP contribution in [0.4, 0.5) is 0 Å². The summed E-state index contributed by atoms with van der Waals surface area (Å²) in [5.74, 6) is 1.56. The molecule has 1 unspecified atom stereocenters. The van der Waals surface area contributed by atoms with Crippen molar-refractivity contribution in [3.8, 4) is 0 Å². The van der Waals surface area contributed by atoms with E-state index in [4.69, 9.17) is 4.42 Å². The van der Waals surface area contributed by atoms with Gasteiger partial charge in [0, 0.05) is 6.04 Å². The van der Waals surface area contributed by atoms with Gasteiger partial charge in [-0.2, -0.15) is 0 Å². The number of hydrogen-bond acceptors (Lipinski definition) is 4. The van der Waals surface area contributed by atoms with Gasteiger partial charge >= 0.3 is 0 Å². The maximum atomic E-state index is 12.5. The second kappa shape index (κ2) is 6.02. The average Bonchev–Trinajstić information content (AvgIpc) is 3.01. The standard InChI is InChI=1S/C16H22N2O3/c1-11-7-8-13(21-11)10-17-14-9-15(19)18(16(14)20)12-5-3-2-4-6-12/h7-8,12,14,17H,2-6,9-10H2,1H3. The summed E-state index contributed by atoms with van der Waals surface area (Å²) in [6, 6.07) is 3.51. The number of likely N-dealkylation sites (tertiary alicyclic amines) is 1. The number of nitrogens with zero attached hydrogens (tertiary/aromatic N) is 1. The van der Waals surface area contributed by atoms with E-state index in [1.807, 2.05) is 19.1 Å². The lowest BCUT2D eigenvalue weighted by atomic mass is 9.94. The van der Waals surface area contributed by atoms with Crippen LogP contribution >= 0.6 is 0 Å². The molecular weight excluding hydrogens is 268 g/mol. The normalized spacial score (nSPS) is 24.0. The predicted octanol–water partition coefficient (Wildman–Crippen LogP) is 2.14. The van der Waals surface area contributed by atoms with Crippen molar-refractivity contribution in [1.82, 2.24) is 10.2 Å². The van der Waals surface area contributed by atoms with E-state index in [2.05, 4.69) is 5.32 Å². The van der Waals surface area contributed by atoms with E-state index in [0.29, 0.717) is 6.54 Å². The molecule has 2 heterocycles. The summed E-state index contributed by atoms with van der Waals surface area (Å²) in [5, 5.41) is 3.15. The maximum Gasteiger partial charge on any atom is 0.247 e. The molecule has 21 heavy (non-hydrogen) atoms. The Kier molecular flexibility index (Phi) is 4.10. The summed E-state index contributed by atoms with van der Waals surface area (Å²) in [7, 11) is 0. The molecule has 1 aromatic rings. The van der Waals surface area contributed by atoms with Crippen molar-refractivity contribution < 1.29 is 14.0 Å². The van der Waals surface area contributed by atoms with Crippen molar-refractivity contribution >= 4 is 11.8 Å². The zero-order valence-electron chi connectivity index (χ0n) is 12.4. The highest BCUT2D eigenvalue weighted by Gasteiger charge is 2.42. The minimum absolute atomic E-state index is 0.0278. The monoisotopic (exact) mass is 290 g/mol. The van der Waals surface area contributed by atoms with Gasteiger partial charge in [0.15, 0.2) is 0 Å². The highest BCUT2D eigenvalue weighted by atomic mass is 16.3. The minimum atomic E-state index is -0.398. The van der Waals surface area contributed by atoms with Crippen LogP contribution in [0.15, 0.2) is 16.5 Å². The molecule has 1 saturated carbocycles. The summed E-state index contributed by atoms with van der Waals surface area (Å²) >= 11 is 0. The molecule has 1 N–H and O–H groups in total. The zero-order valence-corrected chi connectivity index (χ0v) is 12.4. The maximum absolute atomic E-state index is 12.5. The van der Waals surface area contributed by atoms with Crippen molar-refractivity contribution in [2.75, 3.05) is 0 Å². The predicted molar refractivity (Wildman–Crippen MR) is 77.4 cm³/mol. The van der Waals surface area contributed by atoms with Crippen LogP contribution < -0.4 is 5.32 Å². The van der Waals surface area contributed by atoms with E-state index < -0.39 is 6.04 Å². The van der Waals surface area contributed by atoms with Crippen molar-refractivity contribution in [2.24, 2.45) is 0 Å². The number of nitrogens with one attached hydrogen (secondary N) is 1. The first-order valence-corrected chi connectivity index (χ1v) is 7.80.